The second-order valence-electron chi connectivity index (χ2n) is 8.88. The van der Waals surface area contributed by atoms with E-state index in [1.165, 1.54) is 0 Å². The molecule has 2 N–H and O–H groups in total. The molecule has 0 aliphatic rings. The van der Waals surface area contributed by atoms with E-state index in [0.29, 0.717) is 0 Å². The number of aromatic amines is 2. The third kappa shape index (κ3) is 2.48. The van der Waals surface area contributed by atoms with Crippen LogP contribution < -0.4 is 5.43 Å². The van der Waals surface area contributed by atoms with Gasteiger partial charge in [0.2, 0.25) is 0 Å². The molecule has 5 nitrogen and oxygen atoms in total. The van der Waals surface area contributed by atoms with Crippen LogP contribution in [0.1, 0.15) is 11.1 Å². The smallest absolute Gasteiger partial charge is 0.182 e. The zero-order chi connectivity index (χ0) is 23.1. The SMILES string of the molecule is Cc1cc2c3cc(C)c(=S)cc3c3[nH]c4c5cccnc5c5ncccc5c4[nH]c3c2cc1=O. The number of hydrogen-bond acceptors (Lipinski definition) is 4. The number of H-pyrrole nitrogens is 2. The Balaban J connectivity index is 1.86. The molecular weight excluding hydrogens is 440 g/mol. The van der Waals surface area contributed by atoms with Gasteiger partial charge in [-0.2, -0.15) is 0 Å². The summed E-state index contributed by atoms with van der Waals surface area (Å²) in [5.41, 5.74) is 7.13. The van der Waals surface area contributed by atoms with Crippen LogP contribution in [0.15, 0.2) is 65.7 Å². The molecule has 0 aliphatic heterocycles. The third-order valence-corrected chi connectivity index (χ3v) is 7.28. The molecule has 0 spiro atoms. The lowest BCUT2D eigenvalue weighted by Gasteiger charge is -2.15. The van der Waals surface area contributed by atoms with E-state index in [1.54, 1.807) is 18.5 Å². The average Bonchev–Trinajstić information content (AvgIpc) is 2.86. The molecule has 0 unspecified atom stereocenters. The minimum Gasteiger partial charge on any atom is -0.351 e. The van der Waals surface area contributed by atoms with Gasteiger partial charge in [0.15, 0.2) is 5.43 Å². The zero-order valence-corrected chi connectivity index (χ0v) is 19.3. The van der Waals surface area contributed by atoms with Gasteiger partial charge >= 0.3 is 0 Å². The Labute approximate surface area is 198 Å². The van der Waals surface area contributed by atoms with Crippen LogP contribution in [-0.4, -0.2) is 19.9 Å². The van der Waals surface area contributed by atoms with Crippen molar-refractivity contribution >= 4 is 77.6 Å². The van der Waals surface area contributed by atoms with Crippen LogP contribution >= 0.6 is 12.2 Å². The van der Waals surface area contributed by atoms with E-state index in [-0.39, 0.29) is 5.43 Å². The van der Waals surface area contributed by atoms with E-state index in [4.69, 9.17) is 12.2 Å². The first-order valence-corrected chi connectivity index (χ1v) is 11.5. The number of nitrogens with zero attached hydrogens (tertiary/aromatic N) is 2. The van der Waals surface area contributed by atoms with E-state index in [2.05, 4.69) is 38.1 Å². The van der Waals surface area contributed by atoms with Crippen molar-refractivity contribution in [3.63, 3.8) is 0 Å². The summed E-state index contributed by atoms with van der Waals surface area (Å²) < 4.78 is 0.813. The van der Waals surface area contributed by atoms with Gasteiger partial charge in [-0.15, -0.1) is 0 Å². The fourth-order valence-electron chi connectivity index (χ4n) is 5.13. The molecule has 162 valence electrons. The quantitative estimate of drug-likeness (QED) is 0.150. The molecule has 0 saturated heterocycles. The van der Waals surface area contributed by atoms with Crippen LogP contribution in [-0.2, 0) is 0 Å². The average molecular weight is 459 g/mol. The Kier molecular flexibility index (Phi) is 3.80. The largest absolute Gasteiger partial charge is 0.351 e. The van der Waals surface area contributed by atoms with Crippen molar-refractivity contribution in [2.24, 2.45) is 0 Å². The Bertz CT molecular complexity index is 1990. The van der Waals surface area contributed by atoms with Crippen molar-refractivity contribution in [1.29, 1.82) is 0 Å². The lowest BCUT2D eigenvalue weighted by Crippen LogP contribution is -2.03. The molecule has 0 aliphatic carbocycles. The summed E-state index contributed by atoms with van der Waals surface area (Å²) in [5.74, 6) is 0. The predicted octanol–water partition coefficient (Wildman–Crippen LogP) is 6.76. The number of fused-ring (bicyclic) bond motifs is 12. The fourth-order valence-corrected chi connectivity index (χ4v) is 5.31. The number of rotatable bonds is 0. The van der Waals surface area contributed by atoms with E-state index in [9.17, 15) is 4.79 Å². The number of aryl methyl sites for hydroxylation is 2. The molecule has 4 aromatic carbocycles. The van der Waals surface area contributed by atoms with Gasteiger partial charge in [-0.1, -0.05) is 12.2 Å². The zero-order valence-electron chi connectivity index (χ0n) is 18.5. The minimum atomic E-state index is 0.0208. The highest BCUT2D eigenvalue weighted by atomic mass is 32.1. The third-order valence-electron chi connectivity index (χ3n) is 6.84. The van der Waals surface area contributed by atoms with Crippen molar-refractivity contribution < 1.29 is 0 Å². The molecule has 0 amide bonds. The van der Waals surface area contributed by atoms with Crippen LogP contribution in [0, 0.1) is 18.4 Å². The minimum absolute atomic E-state index is 0.0208. The molecule has 7 aromatic rings. The number of aromatic nitrogens is 4. The van der Waals surface area contributed by atoms with Gasteiger partial charge < -0.3 is 9.97 Å². The summed E-state index contributed by atoms with van der Waals surface area (Å²) in [6, 6.07) is 15.9. The van der Waals surface area contributed by atoms with E-state index < -0.39 is 0 Å². The number of benzene rings is 4. The predicted molar refractivity (Wildman–Crippen MR) is 142 cm³/mol. The molecule has 3 heterocycles. The highest BCUT2D eigenvalue weighted by molar-refractivity contribution is 7.71. The fraction of sp³-hybridized carbons (Fsp3) is 0.0714. The standard InChI is InChI=1S/C28H18N4OS/c1-13-9-17-18-10-14(2)22(34)12-20(18)28-27(19(17)11-21(13)33)31-25-15-5-3-7-29-23(15)24-16(26(25)32-28)6-4-8-30-24/h3-12,31-32H,1-2H3. The first-order valence-electron chi connectivity index (χ1n) is 11.1. The molecular formula is C28H18N4OS. The van der Waals surface area contributed by atoms with Crippen molar-refractivity contribution in [3.8, 4) is 0 Å². The molecule has 0 bridgehead atoms. The number of pyridine rings is 2. The normalized spacial score (nSPS) is 12.1. The summed E-state index contributed by atoms with van der Waals surface area (Å²) in [4.78, 5) is 29.4. The molecule has 0 radical (unpaired) electrons. The van der Waals surface area contributed by atoms with Crippen LogP contribution in [0.25, 0.3) is 65.4 Å². The van der Waals surface area contributed by atoms with Crippen LogP contribution in [0.2, 0.25) is 0 Å². The molecule has 0 fully saturated rings. The van der Waals surface area contributed by atoms with E-state index in [1.807, 2.05) is 38.1 Å². The van der Waals surface area contributed by atoms with Gasteiger partial charge in [-0.3, -0.25) is 14.8 Å². The van der Waals surface area contributed by atoms with Crippen LogP contribution in [0.4, 0.5) is 0 Å². The molecule has 34 heavy (non-hydrogen) atoms. The molecule has 0 saturated carbocycles. The maximum atomic E-state index is 12.7. The molecule has 0 atom stereocenters. The number of hydrogen-bond donors (Lipinski definition) is 2. The maximum Gasteiger partial charge on any atom is 0.182 e. The Morgan fingerprint density at radius 1 is 0.647 bits per heavy atom. The highest BCUT2D eigenvalue weighted by Gasteiger charge is 2.16. The van der Waals surface area contributed by atoms with E-state index in [0.717, 1.165) is 81.1 Å². The van der Waals surface area contributed by atoms with Gasteiger partial charge in [0.25, 0.3) is 0 Å². The van der Waals surface area contributed by atoms with E-state index >= 15 is 0 Å². The summed E-state index contributed by atoms with van der Waals surface area (Å²) in [6.07, 6.45) is 3.58. The summed E-state index contributed by atoms with van der Waals surface area (Å²) >= 11 is 5.66. The topological polar surface area (TPSA) is 74.4 Å². The first kappa shape index (κ1) is 19.3. The first-order chi connectivity index (χ1) is 16.5. The van der Waals surface area contributed by atoms with Crippen molar-refractivity contribution in [2.75, 3.05) is 0 Å². The van der Waals surface area contributed by atoms with Crippen LogP contribution in [0.5, 0.6) is 0 Å². The molecule has 3 aromatic heterocycles. The van der Waals surface area contributed by atoms with Crippen molar-refractivity contribution in [2.45, 2.75) is 13.8 Å². The molecule has 7 rings (SSSR count). The lowest BCUT2D eigenvalue weighted by atomic mass is 9.96. The summed E-state index contributed by atoms with van der Waals surface area (Å²) in [6.45, 7) is 3.89. The van der Waals surface area contributed by atoms with Crippen molar-refractivity contribution in [3.05, 3.63) is 86.8 Å². The second kappa shape index (κ2) is 6.68. The van der Waals surface area contributed by atoms with Gasteiger partial charge in [0.05, 0.1) is 33.1 Å². The Morgan fingerprint density at radius 2 is 1.15 bits per heavy atom. The molecule has 6 heteroatoms. The maximum absolute atomic E-state index is 12.7. The second-order valence-corrected chi connectivity index (χ2v) is 9.32. The summed E-state index contributed by atoms with van der Waals surface area (Å²) in [7, 11) is 0. The monoisotopic (exact) mass is 458 g/mol. The van der Waals surface area contributed by atoms with Crippen LogP contribution in [0.3, 0.4) is 0 Å². The van der Waals surface area contributed by atoms with Crippen molar-refractivity contribution in [1.82, 2.24) is 19.9 Å². The highest BCUT2D eigenvalue weighted by Crippen LogP contribution is 2.37. The summed E-state index contributed by atoms with van der Waals surface area (Å²) in [5, 5.41) is 5.97. The Hall–Kier alpha value is -4.16. The Morgan fingerprint density at radius 3 is 1.74 bits per heavy atom. The number of nitrogens with one attached hydrogen (secondary N) is 2. The van der Waals surface area contributed by atoms with Gasteiger partial charge in [0.1, 0.15) is 0 Å². The lowest BCUT2D eigenvalue weighted by molar-refractivity contribution is 1.36. The van der Waals surface area contributed by atoms with Gasteiger partial charge in [0, 0.05) is 38.4 Å². The van der Waals surface area contributed by atoms with Gasteiger partial charge in [-0.25, -0.2) is 0 Å². The van der Waals surface area contributed by atoms with Gasteiger partial charge in [-0.05, 0) is 84.3 Å².